The molecule has 0 amide bonds. The molecule has 0 saturated heterocycles. The number of nitrogens with zero attached hydrogens (tertiary/aromatic N) is 2. The number of hydroxylamine groups is 1. The van der Waals surface area contributed by atoms with E-state index in [0.717, 1.165) is 21.8 Å². The van der Waals surface area contributed by atoms with E-state index in [2.05, 4.69) is 11.6 Å². The highest BCUT2D eigenvalue weighted by Gasteiger charge is 2.24. The third kappa shape index (κ3) is 1.09. The first-order chi connectivity index (χ1) is 7.79. The van der Waals surface area contributed by atoms with E-state index in [1.807, 2.05) is 36.4 Å². The zero-order chi connectivity index (χ0) is 11.1. The van der Waals surface area contributed by atoms with Crippen LogP contribution in [-0.2, 0) is 0 Å². The van der Waals surface area contributed by atoms with Crippen LogP contribution in [0.15, 0.2) is 49.2 Å². The monoisotopic (exact) mass is 210 g/mol. The van der Waals surface area contributed by atoms with Crippen molar-refractivity contribution in [2.75, 3.05) is 5.06 Å². The lowest BCUT2D eigenvalue weighted by Gasteiger charge is -2.27. The van der Waals surface area contributed by atoms with Gasteiger partial charge in [0.05, 0.1) is 5.70 Å². The average Bonchev–Trinajstić information content (AvgIpc) is 2.36. The minimum atomic E-state index is 0.534. The van der Waals surface area contributed by atoms with Crippen molar-refractivity contribution >= 4 is 11.5 Å². The van der Waals surface area contributed by atoms with Crippen LogP contribution in [0, 0.1) is 0 Å². The van der Waals surface area contributed by atoms with Gasteiger partial charge in [0.25, 0.3) is 0 Å². The predicted octanol–water partition coefficient (Wildman–Crippen LogP) is 2.93. The Kier molecular flexibility index (Phi) is 1.81. The summed E-state index contributed by atoms with van der Waals surface area (Å²) in [7, 11) is 0. The van der Waals surface area contributed by atoms with E-state index in [1.165, 1.54) is 0 Å². The summed E-state index contributed by atoms with van der Waals surface area (Å²) in [5.41, 5.74) is 3.47. The van der Waals surface area contributed by atoms with Gasteiger partial charge in [-0.2, -0.15) is 0 Å². The van der Waals surface area contributed by atoms with E-state index in [-0.39, 0.29) is 0 Å². The van der Waals surface area contributed by atoms with Crippen LogP contribution >= 0.6 is 0 Å². The molecule has 0 spiro atoms. The Morgan fingerprint density at radius 1 is 1.00 bits per heavy atom. The summed E-state index contributed by atoms with van der Waals surface area (Å²) in [6.07, 6.45) is 1.66. The van der Waals surface area contributed by atoms with Crippen molar-refractivity contribution in [1.29, 1.82) is 0 Å². The van der Waals surface area contributed by atoms with Crippen LogP contribution < -0.4 is 5.06 Å². The molecular weight excluding hydrogens is 200 g/mol. The fraction of sp³-hybridized carbons (Fsp3) is 0. The summed E-state index contributed by atoms with van der Waals surface area (Å²) < 4.78 is 0. The number of fused-ring (bicyclic) bond motifs is 3. The third-order valence-electron chi connectivity index (χ3n) is 2.77. The lowest BCUT2D eigenvalue weighted by Crippen LogP contribution is -2.21. The lowest BCUT2D eigenvalue weighted by molar-refractivity contribution is 0.300. The average molecular weight is 210 g/mol. The maximum absolute atomic E-state index is 9.95. The number of benzene rings is 1. The molecule has 1 aliphatic rings. The molecule has 0 unspecified atom stereocenters. The van der Waals surface area contributed by atoms with Crippen LogP contribution in [0.1, 0.15) is 5.56 Å². The highest BCUT2D eigenvalue weighted by molar-refractivity contribution is 5.95. The van der Waals surface area contributed by atoms with E-state index < -0.39 is 0 Å². The van der Waals surface area contributed by atoms with Crippen molar-refractivity contribution in [2.24, 2.45) is 0 Å². The van der Waals surface area contributed by atoms with Crippen molar-refractivity contribution in [3.63, 3.8) is 0 Å². The molecule has 1 aromatic heterocycles. The minimum Gasteiger partial charge on any atom is -0.282 e. The molecule has 0 aliphatic carbocycles. The van der Waals surface area contributed by atoms with Crippen LogP contribution in [-0.4, -0.2) is 10.2 Å². The second-order valence-electron chi connectivity index (χ2n) is 3.68. The molecule has 0 radical (unpaired) electrons. The fourth-order valence-electron chi connectivity index (χ4n) is 1.99. The molecule has 0 saturated carbocycles. The minimum absolute atomic E-state index is 0.534. The molecule has 16 heavy (non-hydrogen) atoms. The summed E-state index contributed by atoms with van der Waals surface area (Å²) in [4.78, 5) is 4.16. The van der Waals surface area contributed by atoms with Crippen LogP contribution in [0.3, 0.4) is 0 Å². The molecule has 1 aromatic carbocycles. The molecule has 3 rings (SSSR count). The number of hydrogen-bond acceptors (Lipinski definition) is 3. The zero-order valence-corrected chi connectivity index (χ0v) is 8.59. The Labute approximate surface area is 93.3 Å². The second kappa shape index (κ2) is 3.18. The zero-order valence-electron chi connectivity index (χ0n) is 8.59. The molecule has 3 heteroatoms. The SMILES string of the molecule is C=C1c2ccccc2-c2cccnc2N1O. The quantitative estimate of drug-likeness (QED) is 0.726. The first-order valence-electron chi connectivity index (χ1n) is 5.02. The highest BCUT2D eigenvalue weighted by atomic mass is 16.5. The van der Waals surface area contributed by atoms with Crippen LogP contribution in [0.4, 0.5) is 5.82 Å². The number of hydrogen-bond donors (Lipinski definition) is 1. The summed E-state index contributed by atoms with van der Waals surface area (Å²) in [5.74, 6) is 0.534. The van der Waals surface area contributed by atoms with Gasteiger partial charge in [-0.15, -0.1) is 0 Å². The molecule has 78 valence electrons. The molecule has 0 fully saturated rings. The van der Waals surface area contributed by atoms with Gasteiger partial charge < -0.3 is 0 Å². The molecule has 2 heterocycles. The smallest absolute Gasteiger partial charge is 0.165 e. The standard InChI is InChI=1S/C13H10N2O/c1-9-10-5-2-3-6-11(10)12-7-4-8-14-13(12)15(9)16/h2-8,16H,1H2. The number of pyridine rings is 1. The normalized spacial score (nSPS) is 13.3. The molecule has 3 nitrogen and oxygen atoms in total. The van der Waals surface area contributed by atoms with E-state index >= 15 is 0 Å². The number of anilines is 1. The first kappa shape index (κ1) is 9.12. The highest BCUT2D eigenvalue weighted by Crippen LogP contribution is 2.40. The van der Waals surface area contributed by atoms with Crippen molar-refractivity contribution < 1.29 is 5.21 Å². The summed E-state index contributed by atoms with van der Waals surface area (Å²) in [6.45, 7) is 3.87. The van der Waals surface area contributed by atoms with E-state index in [0.29, 0.717) is 11.5 Å². The van der Waals surface area contributed by atoms with Crippen molar-refractivity contribution in [3.05, 3.63) is 54.7 Å². The number of rotatable bonds is 0. The second-order valence-corrected chi connectivity index (χ2v) is 3.68. The van der Waals surface area contributed by atoms with Gasteiger partial charge in [0.2, 0.25) is 0 Å². The van der Waals surface area contributed by atoms with Gasteiger partial charge in [0, 0.05) is 17.3 Å². The molecule has 1 N–H and O–H groups in total. The van der Waals surface area contributed by atoms with Gasteiger partial charge in [-0.1, -0.05) is 30.8 Å². The fourth-order valence-corrected chi connectivity index (χ4v) is 1.99. The largest absolute Gasteiger partial charge is 0.282 e. The molecule has 0 bridgehead atoms. The summed E-state index contributed by atoms with van der Waals surface area (Å²) in [6, 6.07) is 11.6. The van der Waals surface area contributed by atoms with Crippen molar-refractivity contribution in [1.82, 2.24) is 4.98 Å². The van der Waals surface area contributed by atoms with Gasteiger partial charge in [0.1, 0.15) is 0 Å². The molecule has 1 aliphatic heterocycles. The van der Waals surface area contributed by atoms with Gasteiger partial charge >= 0.3 is 0 Å². The molecular formula is C13H10N2O. The Bertz CT molecular complexity index is 578. The Morgan fingerprint density at radius 3 is 2.50 bits per heavy atom. The third-order valence-corrected chi connectivity index (χ3v) is 2.77. The van der Waals surface area contributed by atoms with E-state index in [1.54, 1.807) is 6.20 Å². The number of aromatic nitrogens is 1. The predicted molar refractivity (Wildman–Crippen MR) is 63.0 cm³/mol. The van der Waals surface area contributed by atoms with Crippen LogP contribution in [0.25, 0.3) is 16.8 Å². The Morgan fingerprint density at radius 2 is 1.69 bits per heavy atom. The summed E-state index contributed by atoms with van der Waals surface area (Å²) in [5, 5.41) is 11.0. The van der Waals surface area contributed by atoms with E-state index in [4.69, 9.17) is 0 Å². The van der Waals surface area contributed by atoms with Crippen molar-refractivity contribution in [2.45, 2.75) is 0 Å². The van der Waals surface area contributed by atoms with Gasteiger partial charge in [-0.05, 0) is 17.7 Å². The Hall–Kier alpha value is -2.13. The first-order valence-corrected chi connectivity index (χ1v) is 5.02. The Balaban J connectivity index is 2.37. The van der Waals surface area contributed by atoms with E-state index in [9.17, 15) is 5.21 Å². The maximum Gasteiger partial charge on any atom is 0.165 e. The van der Waals surface area contributed by atoms with Gasteiger partial charge in [-0.3, -0.25) is 5.21 Å². The van der Waals surface area contributed by atoms with Crippen molar-refractivity contribution in [3.8, 4) is 11.1 Å². The maximum atomic E-state index is 9.95. The topological polar surface area (TPSA) is 36.4 Å². The molecule has 0 atom stereocenters. The van der Waals surface area contributed by atoms with Gasteiger partial charge in [-0.25, -0.2) is 10.0 Å². The molecule has 2 aromatic rings. The van der Waals surface area contributed by atoms with Crippen LogP contribution in [0.2, 0.25) is 0 Å². The van der Waals surface area contributed by atoms with Gasteiger partial charge in [0.15, 0.2) is 5.82 Å². The lowest BCUT2D eigenvalue weighted by atomic mass is 9.95. The van der Waals surface area contributed by atoms with Crippen LogP contribution in [0.5, 0.6) is 0 Å². The summed E-state index contributed by atoms with van der Waals surface area (Å²) >= 11 is 0.